The number of hydrogen-bond acceptors (Lipinski definition) is 3. The second-order valence-corrected chi connectivity index (χ2v) is 6.50. The van der Waals surface area contributed by atoms with Crippen molar-refractivity contribution in [3.8, 4) is 0 Å². The lowest BCUT2D eigenvalue weighted by atomic mass is 10.1. The minimum absolute atomic E-state index is 0.311. The van der Waals surface area contributed by atoms with Gasteiger partial charge >= 0.3 is 0 Å². The molecule has 0 aromatic heterocycles. The molecule has 1 unspecified atom stereocenters. The van der Waals surface area contributed by atoms with Gasteiger partial charge in [0.2, 0.25) is 0 Å². The standard InChI is InChI=1S/C19H38O3/c1-2-3-4-5-6-7-8-9-10-11-12-14-20-16-17-22-19-13-15-21-18-19/h19H,2-18H2,1H3. The van der Waals surface area contributed by atoms with Crippen LogP contribution >= 0.6 is 0 Å². The molecule has 0 aliphatic carbocycles. The summed E-state index contributed by atoms with van der Waals surface area (Å²) in [5, 5.41) is 0. The van der Waals surface area contributed by atoms with E-state index in [0.29, 0.717) is 12.7 Å². The summed E-state index contributed by atoms with van der Waals surface area (Å²) in [5.74, 6) is 0. The zero-order chi connectivity index (χ0) is 15.7. The van der Waals surface area contributed by atoms with E-state index in [1.165, 1.54) is 70.6 Å². The fourth-order valence-corrected chi connectivity index (χ4v) is 2.89. The molecule has 22 heavy (non-hydrogen) atoms. The maximum Gasteiger partial charge on any atom is 0.0831 e. The molecule has 1 aliphatic heterocycles. The van der Waals surface area contributed by atoms with Gasteiger partial charge in [0.1, 0.15) is 0 Å². The van der Waals surface area contributed by atoms with E-state index in [1.807, 2.05) is 0 Å². The molecule has 132 valence electrons. The van der Waals surface area contributed by atoms with Crippen LogP contribution in [0.5, 0.6) is 0 Å². The van der Waals surface area contributed by atoms with E-state index in [9.17, 15) is 0 Å². The summed E-state index contributed by atoms with van der Waals surface area (Å²) >= 11 is 0. The molecule has 0 saturated carbocycles. The van der Waals surface area contributed by atoms with E-state index in [2.05, 4.69) is 6.92 Å². The van der Waals surface area contributed by atoms with Gasteiger partial charge in [0.15, 0.2) is 0 Å². The highest BCUT2D eigenvalue weighted by molar-refractivity contribution is 4.62. The lowest BCUT2D eigenvalue weighted by molar-refractivity contribution is 0.000480. The van der Waals surface area contributed by atoms with Gasteiger partial charge in [-0.1, -0.05) is 71.1 Å². The monoisotopic (exact) mass is 314 g/mol. The molecule has 0 aromatic rings. The normalized spacial score (nSPS) is 18.1. The molecule has 1 aliphatic rings. The summed E-state index contributed by atoms with van der Waals surface area (Å²) in [6.45, 7) is 6.23. The predicted octanol–water partition coefficient (Wildman–Crippen LogP) is 5.12. The van der Waals surface area contributed by atoms with Crippen molar-refractivity contribution in [3.63, 3.8) is 0 Å². The van der Waals surface area contributed by atoms with Gasteiger partial charge in [-0.3, -0.25) is 0 Å². The van der Waals surface area contributed by atoms with Gasteiger partial charge in [-0.05, 0) is 12.8 Å². The molecule has 0 aromatic carbocycles. The van der Waals surface area contributed by atoms with E-state index >= 15 is 0 Å². The van der Waals surface area contributed by atoms with Gasteiger partial charge in [0.25, 0.3) is 0 Å². The first-order chi connectivity index (χ1) is 10.9. The van der Waals surface area contributed by atoms with Crippen LogP contribution in [0.1, 0.15) is 84.0 Å². The summed E-state index contributed by atoms with van der Waals surface area (Å²) in [6, 6.07) is 0. The molecular formula is C19H38O3. The molecule has 0 N–H and O–H groups in total. The van der Waals surface area contributed by atoms with Crippen LogP contribution in [0.4, 0.5) is 0 Å². The van der Waals surface area contributed by atoms with Crippen LogP contribution in [-0.2, 0) is 14.2 Å². The van der Waals surface area contributed by atoms with Crippen LogP contribution in [0.2, 0.25) is 0 Å². The summed E-state index contributed by atoms with van der Waals surface area (Å²) in [7, 11) is 0. The number of ether oxygens (including phenoxy) is 3. The van der Waals surface area contributed by atoms with E-state index in [0.717, 1.165) is 32.8 Å². The topological polar surface area (TPSA) is 27.7 Å². The van der Waals surface area contributed by atoms with Crippen molar-refractivity contribution in [2.24, 2.45) is 0 Å². The Morgan fingerprint density at radius 2 is 1.41 bits per heavy atom. The SMILES string of the molecule is CCCCCCCCCCCCCOCCOC1CCOC1. The Kier molecular flexibility index (Phi) is 14.3. The van der Waals surface area contributed by atoms with Gasteiger partial charge in [0, 0.05) is 13.2 Å². The molecule has 0 amide bonds. The first-order valence-corrected chi connectivity index (χ1v) is 9.70. The second-order valence-electron chi connectivity index (χ2n) is 6.50. The first-order valence-electron chi connectivity index (χ1n) is 9.70. The highest BCUT2D eigenvalue weighted by Gasteiger charge is 2.15. The molecule has 0 spiro atoms. The van der Waals surface area contributed by atoms with Gasteiger partial charge in [-0.25, -0.2) is 0 Å². The highest BCUT2D eigenvalue weighted by Crippen LogP contribution is 2.11. The van der Waals surface area contributed by atoms with Crippen LogP contribution in [0.3, 0.4) is 0 Å². The highest BCUT2D eigenvalue weighted by atomic mass is 16.6. The molecule has 1 heterocycles. The fourth-order valence-electron chi connectivity index (χ4n) is 2.89. The van der Waals surface area contributed by atoms with Crippen molar-refractivity contribution < 1.29 is 14.2 Å². The Balaban J connectivity index is 1.64. The molecule has 3 nitrogen and oxygen atoms in total. The Morgan fingerprint density at radius 1 is 0.773 bits per heavy atom. The minimum atomic E-state index is 0.311. The number of rotatable bonds is 16. The minimum Gasteiger partial charge on any atom is -0.379 e. The zero-order valence-electron chi connectivity index (χ0n) is 14.8. The Bertz CT molecular complexity index is 215. The summed E-state index contributed by atoms with van der Waals surface area (Å²) in [4.78, 5) is 0. The molecule has 1 saturated heterocycles. The zero-order valence-corrected chi connectivity index (χ0v) is 14.8. The summed E-state index contributed by atoms with van der Waals surface area (Å²) in [6.07, 6.45) is 16.6. The average molecular weight is 315 g/mol. The molecule has 1 fully saturated rings. The predicted molar refractivity (Wildman–Crippen MR) is 92.5 cm³/mol. The van der Waals surface area contributed by atoms with E-state index in [4.69, 9.17) is 14.2 Å². The first kappa shape index (κ1) is 19.9. The van der Waals surface area contributed by atoms with E-state index in [-0.39, 0.29) is 0 Å². The second kappa shape index (κ2) is 15.8. The molecular weight excluding hydrogens is 276 g/mol. The third kappa shape index (κ3) is 12.4. The number of unbranched alkanes of at least 4 members (excludes halogenated alkanes) is 10. The van der Waals surface area contributed by atoms with Crippen molar-refractivity contribution >= 4 is 0 Å². The fraction of sp³-hybridized carbons (Fsp3) is 1.00. The average Bonchev–Trinajstić information content (AvgIpc) is 3.04. The van der Waals surface area contributed by atoms with E-state index < -0.39 is 0 Å². The molecule has 1 rings (SSSR count). The lowest BCUT2D eigenvalue weighted by Crippen LogP contribution is -2.16. The molecule has 0 bridgehead atoms. The van der Waals surface area contributed by atoms with Crippen LogP contribution in [0.15, 0.2) is 0 Å². The lowest BCUT2D eigenvalue weighted by Gasteiger charge is -2.09. The van der Waals surface area contributed by atoms with Crippen LogP contribution in [0, 0.1) is 0 Å². The van der Waals surface area contributed by atoms with E-state index in [1.54, 1.807) is 0 Å². The smallest absolute Gasteiger partial charge is 0.0831 e. The molecule has 0 radical (unpaired) electrons. The van der Waals surface area contributed by atoms with Crippen molar-refractivity contribution in [2.45, 2.75) is 90.1 Å². The van der Waals surface area contributed by atoms with Crippen LogP contribution < -0.4 is 0 Å². The molecule has 3 heteroatoms. The van der Waals surface area contributed by atoms with Crippen molar-refractivity contribution in [3.05, 3.63) is 0 Å². The maximum atomic E-state index is 5.66. The van der Waals surface area contributed by atoms with Crippen LogP contribution in [0.25, 0.3) is 0 Å². The quantitative estimate of drug-likeness (QED) is 0.370. The van der Waals surface area contributed by atoms with Gasteiger partial charge in [-0.15, -0.1) is 0 Å². The van der Waals surface area contributed by atoms with Gasteiger partial charge in [0.05, 0.1) is 25.9 Å². The maximum absolute atomic E-state index is 5.66. The Labute approximate surface area is 138 Å². The molecule has 1 atom stereocenters. The van der Waals surface area contributed by atoms with Crippen molar-refractivity contribution in [1.29, 1.82) is 0 Å². The third-order valence-electron chi connectivity index (χ3n) is 4.36. The largest absolute Gasteiger partial charge is 0.379 e. The third-order valence-corrected chi connectivity index (χ3v) is 4.36. The van der Waals surface area contributed by atoms with Crippen molar-refractivity contribution in [2.75, 3.05) is 33.0 Å². The Hall–Kier alpha value is -0.120. The summed E-state index contributed by atoms with van der Waals surface area (Å²) < 4.78 is 16.5. The van der Waals surface area contributed by atoms with Gasteiger partial charge in [-0.2, -0.15) is 0 Å². The Morgan fingerprint density at radius 3 is 2.00 bits per heavy atom. The van der Waals surface area contributed by atoms with Crippen LogP contribution in [-0.4, -0.2) is 39.1 Å². The summed E-state index contributed by atoms with van der Waals surface area (Å²) in [5.41, 5.74) is 0. The number of hydrogen-bond donors (Lipinski definition) is 0. The van der Waals surface area contributed by atoms with Crippen molar-refractivity contribution in [1.82, 2.24) is 0 Å². The van der Waals surface area contributed by atoms with Gasteiger partial charge < -0.3 is 14.2 Å².